The van der Waals surface area contributed by atoms with E-state index in [9.17, 15) is 5.11 Å². The van der Waals surface area contributed by atoms with Crippen molar-refractivity contribution in [3.05, 3.63) is 60.2 Å². The highest BCUT2D eigenvalue weighted by Gasteiger charge is 2.44. The average Bonchev–Trinajstić information content (AvgIpc) is 3.09. The molecule has 6 heteroatoms. The second kappa shape index (κ2) is 5.63. The lowest BCUT2D eigenvalue weighted by Gasteiger charge is -2.33. The summed E-state index contributed by atoms with van der Waals surface area (Å²) in [4.78, 5) is 9.26. The van der Waals surface area contributed by atoms with Crippen molar-refractivity contribution < 1.29 is 5.11 Å². The van der Waals surface area contributed by atoms with E-state index in [-0.39, 0.29) is 0 Å². The van der Waals surface area contributed by atoms with Gasteiger partial charge in [0.1, 0.15) is 10.1 Å². The lowest BCUT2D eigenvalue weighted by atomic mass is 10.0. The van der Waals surface area contributed by atoms with Crippen LogP contribution in [-0.4, -0.2) is 30.0 Å². The van der Waals surface area contributed by atoms with Gasteiger partial charge in [0, 0.05) is 5.56 Å². The quantitative estimate of drug-likeness (QED) is 0.849. The van der Waals surface area contributed by atoms with Gasteiger partial charge in [-0.1, -0.05) is 60.9 Å². The standard InChI is InChI=1S/C15H15N3OS2/c1-2-12-8-16-13(17-12)9-18-14(20)21-10-15(18,19)11-6-4-3-5-7-11/h2-8,19H,1,9-10H2,(H,16,17). The maximum absolute atomic E-state index is 11.1. The second-order valence-corrected chi connectivity index (χ2v) is 6.42. The first-order chi connectivity index (χ1) is 10.1. The number of hydrogen-bond acceptors (Lipinski definition) is 4. The Bertz CT molecular complexity index is 671. The number of H-pyrrole nitrogens is 1. The summed E-state index contributed by atoms with van der Waals surface area (Å²) in [5, 5.41) is 11.1. The molecule has 1 aromatic carbocycles. The number of nitrogens with zero attached hydrogens (tertiary/aromatic N) is 2. The zero-order chi connectivity index (χ0) is 14.9. The number of imidazole rings is 1. The topological polar surface area (TPSA) is 52.1 Å². The van der Waals surface area contributed by atoms with Crippen LogP contribution in [0.15, 0.2) is 43.1 Å². The van der Waals surface area contributed by atoms with Gasteiger partial charge in [0.05, 0.1) is 24.2 Å². The fourth-order valence-electron chi connectivity index (χ4n) is 2.32. The van der Waals surface area contributed by atoms with E-state index in [4.69, 9.17) is 12.2 Å². The maximum Gasteiger partial charge on any atom is 0.175 e. The van der Waals surface area contributed by atoms with Crippen molar-refractivity contribution in [3.8, 4) is 0 Å². The molecule has 108 valence electrons. The molecule has 1 fully saturated rings. The van der Waals surface area contributed by atoms with Crippen LogP contribution in [0.3, 0.4) is 0 Å². The highest BCUT2D eigenvalue weighted by atomic mass is 32.2. The van der Waals surface area contributed by atoms with Crippen LogP contribution in [0.5, 0.6) is 0 Å². The molecule has 1 aliphatic rings. The first-order valence-corrected chi connectivity index (χ1v) is 7.91. The zero-order valence-electron chi connectivity index (χ0n) is 11.3. The van der Waals surface area contributed by atoms with Crippen LogP contribution in [-0.2, 0) is 12.3 Å². The van der Waals surface area contributed by atoms with Gasteiger partial charge in [-0.25, -0.2) is 4.98 Å². The fourth-order valence-corrected chi connectivity index (χ4v) is 3.73. The van der Waals surface area contributed by atoms with E-state index in [0.717, 1.165) is 17.1 Å². The van der Waals surface area contributed by atoms with E-state index in [1.165, 1.54) is 11.8 Å². The molecule has 0 spiro atoms. The molecule has 0 amide bonds. The Labute approximate surface area is 132 Å². The van der Waals surface area contributed by atoms with Gasteiger partial charge in [0.2, 0.25) is 0 Å². The molecule has 1 atom stereocenters. The third-order valence-electron chi connectivity index (χ3n) is 3.48. The van der Waals surface area contributed by atoms with Crippen LogP contribution in [0.2, 0.25) is 0 Å². The molecule has 3 rings (SSSR count). The molecule has 0 radical (unpaired) electrons. The molecule has 1 saturated heterocycles. The van der Waals surface area contributed by atoms with Crippen LogP contribution in [0.25, 0.3) is 6.08 Å². The number of nitrogens with one attached hydrogen (secondary N) is 1. The zero-order valence-corrected chi connectivity index (χ0v) is 13.0. The van der Waals surface area contributed by atoms with E-state index >= 15 is 0 Å². The van der Waals surface area contributed by atoms with Crippen molar-refractivity contribution >= 4 is 34.4 Å². The number of aromatic amines is 1. The molecule has 0 aliphatic carbocycles. The second-order valence-electron chi connectivity index (χ2n) is 4.81. The van der Waals surface area contributed by atoms with Crippen molar-refractivity contribution in [3.63, 3.8) is 0 Å². The highest BCUT2D eigenvalue weighted by molar-refractivity contribution is 8.23. The summed E-state index contributed by atoms with van der Waals surface area (Å²) in [5.41, 5.74) is 0.600. The molecule has 0 saturated carbocycles. The van der Waals surface area contributed by atoms with Crippen LogP contribution in [0.1, 0.15) is 17.1 Å². The van der Waals surface area contributed by atoms with E-state index in [1.54, 1.807) is 12.3 Å². The van der Waals surface area contributed by atoms with Crippen LogP contribution in [0.4, 0.5) is 0 Å². The molecule has 2 heterocycles. The lowest BCUT2D eigenvalue weighted by molar-refractivity contribution is -0.0518. The Morgan fingerprint density at radius 1 is 1.48 bits per heavy atom. The van der Waals surface area contributed by atoms with Crippen LogP contribution < -0.4 is 0 Å². The van der Waals surface area contributed by atoms with E-state index in [1.807, 2.05) is 35.2 Å². The SMILES string of the molecule is C=Cc1cnc(CN2C(=S)SCC2(O)c2ccccc2)[nH]1. The van der Waals surface area contributed by atoms with Crippen molar-refractivity contribution in [2.75, 3.05) is 5.75 Å². The van der Waals surface area contributed by atoms with Crippen LogP contribution in [0, 0.1) is 0 Å². The van der Waals surface area contributed by atoms with Gasteiger partial charge < -0.3 is 15.0 Å². The molecule has 1 aliphatic heterocycles. The molecule has 4 nitrogen and oxygen atoms in total. The van der Waals surface area contributed by atoms with Crippen molar-refractivity contribution in [1.29, 1.82) is 0 Å². The Morgan fingerprint density at radius 2 is 2.24 bits per heavy atom. The predicted molar refractivity (Wildman–Crippen MR) is 89.6 cm³/mol. The Balaban J connectivity index is 1.90. The van der Waals surface area contributed by atoms with Crippen molar-refractivity contribution in [1.82, 2.24) is 14.9 Å². The molecule has 0 bridgehead atoms. The molecule has 1 unspecified atom stereocenters. The smallest absolute Gasteiger partial charge is 0.175 e. The molecule has 21 heavy (non-hydrogen) atoms. The van der Waals surface area contributed by atoms with E-state index in [2.05, 4.69) is 16.5 Å². The minimum Gasteiger partial charge on any atom is -0.366 e. The lowest BCUT2D eigenvalue weighted by Crippen LogP contribution is -2.44. The fraction of sp³-hybridized carbons (Fsp3) is 0.200. The van der Waals surface area contributed by atoms with Gasteiger partial charge in [-0.2, -0.15) is 0 Å². The molecule has 1 aromatic heterocycles. The number of aromatic nitrogens is 2. The Kier molecular flexibility index (Phi) is 3.84. The van der Waals surface area contributed by atoms with Gasteiger partial charge in [-0.3, -0.25) is 0 Å². The first-order valence-electron chi connectivity index (χ1n) is 6.52. The number of aliphatic hydroxyl groups is 1. The largest absolute Gasteiger partial charge is 0.366 e. The van der Waals surface area contributed by atoms with E-state index < -0.39 is 5.72 Å². The number of thioether (sulfide) groups is 1. The van der Waals surface area contributed by atoms with Gasteiger partial charge in [-0.15, -0.1) is 0 Å². The van der Waals surface area contributed by atoms with Gasteiger partial charge in [-0.05, 0) is 6.08 Å². The molecular weight excluding hydrogens is 302 g/mol. The predicted octanol–water partition coefficient (Wildman–Crippen LogP) is 2.73. The summed E-state index contributed by atoms with van der Waals surface area (Å²) in [7, 11) is 0. The average molecular weight is 317 g/mol. The summed E-state index contributed by atoms with van der Waals surface area (Å²) in [6, 6.07) is 9.60. The number of rotatable bonds is 4. The van der Waals surface area contributed by atoms with Gasteiger partial charge >= 0.3 is 0 Å². The third kappa shape index (κ3) is 2.62. The molecule has 2 N–H and O–H groups in total. The number of thiocarbonyl (C=S) groups is 1. The van der Waals surface area contributed by atoms with Crippen molar-refractivity contribution in [2.45, 2.75) is 12.3 Å². The normalized spacial score (nSPS) is 21.8. The minimum atomic E-state index is -1.09. The van der Waals surface area contributed by atoms with Gasteiger partial charge in [0.15, 0.2) is 5.72 Å². The highest BCUT2D eigenvalue weighted by Crippen LogP contribution is 2.39. The minimum absolute atomic E-state index is 0.436. The monoisotopic (exact) mass is 317 g/mol. The molecule has 2 aromatic rings. The Hall–Kier alpha value is -1.63. The summed E-state index contributed by atoms with van der Waals surface area (Å²) in [6.07, 6.45) is 3.42. The summed E-state index contributed by atoms with van der Waals surface area (Å²) in [5.74, 6) is 1.27. The summed E-state index contributed by atoms with van der Waals surface area (Å²) in [6.45, 7) is 4.14. The van der Waals surface area contributed by atoms with E-state index in [0.29, 0.717) is 16.6 Å². The Morgan fingerprint density at radius 3 is 2.90 bits per heavy atom. The summed E-state index contributed by atoms with van der Waals surface area (Å²) >= 11 is 6.88. The van der Waals surface area contributed by atoms with Gasteiger partial charge in [0.25, 0.3) is 0 Å². The molecular formula is C15H15N3OS2. The maximum atomic E-state index is 11.1. The number of hydrogen-bond donors (Lipinski definition) is 2. The van der Waals surface area contributed by atoms with Crippen molar-refractivity contribution in [2.24, 2.45) is 0 Å². The third-order valence-corrected chi connectivity index (χ3v) is 5.06. The first kappa shape index (κ1) is 14.3. The summed E-state index contributed by atoms with van der Waals surface area (Å²) < 4.78 is 0.679. The van der Waals surface area contributed by atoms with Crippen LogP contribution >= 0.6 is 24.0 Å². The number of benzene rings is 1.